The van der Waals surface area contributed by atoms with E-state index in [1.54, 1.807) is 0 Å². The van der Waals surface area contributed by atoms with E-state index in [-0.39, 0.29) is 30.5 Å². The number of ether oxygens (including phenoxy) is 1. The molecule has 154 valence electrons. The fourth-order valence-corrected chi connectivity index (χ4v) is 4.16. The molecule has 0 radical (unpaired) electrons. The minimum absolute atomic E-state index is 0.0469. The first-order chi connectivity index (χ1) is 13.7. The first kappa shape index (κ1) is 21.0. The average Bonchev–Trinajstić information content (AvgIpc) is 2.70. The van der Waals surface area contributed by atoms with Crippen molar-refractivity contribution < 1.29 is 14.6 Å². The Bertz CT molecular complexity index is 655. The molecule has 28 heavy (non-hydrogen) atoms. The number of amides is 1. The summed E-state index contributed by atoms with van der Waals surface area (Å²) >= 11 is 0. The van der Waals surface area contributed by atoms with Crippen molar-refractivity contribution in [2.75, 3.05) is 52.5 Å². The zero-order chi connectivity index (χ0) is 19.9. The molecule has 1 amide bonds. The number of morpholine rings is 1. The summed E-state index contributed by atoms with van der Waals surface area (Å²) in [7, 11) is 0. The second-order valence-corrected chi connectivity index (χ2v) is 7.58. The molecule has 0 unspecified atom stereocenters. The van der Waals surface area contributed by atoms with Crippen LogP contribution in [0, 0.1) is 0 Å². The van der Waals surface area contributed by atoms with Crippen molar-refractivity contribution in [3.8, 4) is 0 Å². The van der Waals surface area contributed by atoms with Crippen molar-refractivity contribution >= 4 is 12.0 Å². The lowest BCUT2D eigenvalue weighted by molar-refractivity contribution is -0.134. The predicted molar refractivity (Wildman–Crippen MR) is 111 cm³/mol. The van der Waals surface area contributed by atoms with Crippen LogP contribution in [0.2, 0.25) is 0 Å². The smallest absolute Gasteiger partial charge is 0.236 e. The standard InChI is InChI=1S/C22H33N3O3/c1-3-5-17-6-8-18(9-7-17)22-19(23-20(22)16-26)14-25(4-2)21(27)15-24-10-12-28-13-11-24/h3,5-9,19-20,22-23,26H,4,10-16H2,1-2H3/t19-,20-,22-/m1/s1. The van der Waals surface area contributed by atoms with Crippen LogP contribution < -0.4 is 5.32 Å². The van der Waals surface area contributed by atoms with E-state index in [4.69, 9.17) is 4.74 Å². The van der Waals surface area contributed by atoms with E-state index < -0.39 is 0 Å². The molecule has 1 aromatic rings. The normalized spacial score (nSPS) is 25.6. The Balaban J connectivity index is 1.62. The van der Waals surface area contributed by atoms with Gasteiger partial charge in [-0.15, -0.1) is 0 Å². The van der Waals surface area contributed by atoms with Crippen molar-refractivity contribution in [2.24, 2.45) is 0 Å². The highest BCUT2D eigenvalue weighted by molar-refractivity contribution is 5.78. The zero-order valence-corrected chi connectivity index (χ0v) is 17.0. The first-order valence-electron chi connectivity index (χ1n) is 10.3. The average molecular weight is 388 g/mol. The third kappa shape index (κ3) is 5.00. The molecule has 2 N–H and O–H groups in total. The summed E-state index contributed by atoms with van der Waals surface area (Å²) in [6.45, 7) is 8.99. The molecule has 2 heterocycles. The molecule has 6 heteroatoms. The molecule has 0 saturated carbocycles. The van der Waals surface area contributed by atoms with Crippen molar-refractivity contribution in [3.63, 3.8) is 0 Å². The Morgan fingerprint density at radius 2 is 2.00 bits per heavy atom. The van der Waals surface area contributed by atoms with Crippen LogP contribution in [0.25, 0.3) is 6.08 Å². The van der Waals surface area contributed by atoms with E-state index in [9.17, 15) is 9.90 Å². The number of hydrogen-bond donors (Lipinski definition) is 2. The van der Waals surface area contributed by atoms with Crippen molar-refractivity contribution in [1.82, 2.24) is 15.1 Å². The van der Waals surface area contributed by atoms with Gasteiger partial charge in [-0.1, -0.05) is 36.4 Å². The molecule has 2 aliphatic rings. The highest BCUT2D eigenvalue weighted by Crippen LogP contribution is 2.33. The molecule has 2 fully saturated rings. The van der Waals surface area contributed by atoms with Gasteiger partial charge in [-0.3, -0.25) is 9.69 Å². The van der Waals surface area contributed by atoms with Gasteiger partial charge < -0.3 is 20.1 Å². The van der Waals surface area contributed by atoms with E-state index in [1.165, 1.54) is 11.1 Å². The van der Waals surface area contributed by atoms with Crippen molar-refractivity contribution in [2.45, 2.75) is 31.8 Å². The van der Waals surface area contributed by atoms with Crippen molar-refractivity contribution in [1.29, 1.82) is 0 Å². The van der Waals surface area contributed by atoms with E-state index in [1.807, 2.05) is 24.8 Å². The molecule has 1 aromatic carbocycles. The number of likely N-dealkylation sites (N-methyl/N-ethyl adjacent to an activating group) is 1. The molecule has 3 rings (SSSR count). The number of hydrogen-bond acceptors (Lipinski definition) is 5. The van der Waals surface area contributed by atoms with E-state index in [2.05, 4.69) is 40.6 Å². The van der Waals surface area contributed by atoms with Gasteiger partial charge in [0.1, 0.15) is 0 Å². The second-order valence-electron chi connectivity index (χ2n) is 7.58. The Kier molecular flexibility index (Phi) is 7.62. The number of carbonyl (C=O) groups excluding carboxylic acids is 1. The monoisotopic (exact) mass is 387 g/mol. The largest absolute Gasteiger partial charge is 0.395 e. The molecule has 0 aromatic heterocycles. The van der Waals surface area contributed by atoms with Crippen molar-refractivity contribution in [3.05, 3.63) is 41.5 Å². The Labute approximate surface area is 168 Å². The minimum atomic E-state index is 0.0469. The number of aliphatic hydroxyl groups is 1. The van der Waals surface area contributed by atoms with Gasteiger partial charge in [0.15, 0.2) is 0 Å². The van der Waals surface area contributed by atoms with Crippen LogP contribution in [0.15, 0.2) is 30.3 Å². The number of nitrogens with zero attached hydrogens (tertiary/aromatic N) is 2. The van der Waals surface area contributed by atoms with Crippen LogP contribution in [0.4, 0.5) is 0 Å². The summed E-state index contributed by atoms with van der Waals surface area (Å²) in [6, 6.07) is 8.72. The second kappa shape index (κ2) is 10.2. The minimum Gasteiger partial charge on any atom is -0.395 e. The summed E-state index contributed by atoms with van der Waals surface area (Å²) in [6.07, 6.45) is 4.10. The van der Waals surface area contributed by atoms with Gasteiger partial charge in [0.25, 0.3) is 0 Å². The van der Waals surface area contributed by atoms with Crippen LogP contribution in [0.1, 0.15) is 30.9 Å². The fourth-order valence-electron chi connectivity index (χ4n) is 4.16. The molecule has 0 bridgehead atoms. The maximum atomic E-state index is 12.8. The number of allylic oxidation sites excluding steroid dienone is 1. The molecule has 6 nitrogen and oxygen atoms in total. The van der Waals surface area contributed by atoms with Gasteiger partial charge in [-0.25, -0.2) is 0 Å². The van der Waals surface area contributed by atoms with Gasteiger partial charge in [0.05, 0.1) is 26.4 Å². The first-order valence-corrected chi connectivity index (χ1v) is 10.3. The number of rotatable bonds is 8. The van der Waals surface area contributed by atoms with E-state index >= 15 is 0 Å². The molecule has 0 spiro atoms. The summed E-state index contributed by atoms with van der Waals surface area (Å²) in [5, 5.41) is 13.2. The maximum Gasteiger partial charge on any atom is 0.236 e. The van der Waals surface area contributed by atoms with Crippen LogP contribution in [0.5, 0.6) is 0 Å². The van der Waals surface area contributed by atoms with Crippen LogP contribution >= 0.6 is 0 Å². The van der Waals surface area contributed by atoms with Gasteiger partial charge in [-0.05, 0) is 25.0 Å². The zero-order valence-electron chi connectivity index (χ0n) is 17.0. The number of nitrogens with one attached hydrogen (secondary N) is 1. The summed E-state index contributed by atoms with van der Waals surface area (Å²) in [5.41, 5.74) is 2.39. The van der Waals surface area contributed by atoms with Gasteiger partial charge >= 0.3 is 0 Å². The Hall–Kier alpha value is -1.73. The predicted octanol–water partition coefficient (Wildman–Crippen LogP) is 1.32. The fraction of sp³-hybridized carbons (Fsp3) is 0.591. The molecule has 0 aliphatic carbocycles. The third-order valence-corrected chi connectivity index (χ3v) is 5.79. The topological polar surface area (TPSA) is 65.0 Å². The van der Waals surface area contributed by atoms with E-state index in [0.29, 0.717) is 32.8 Å². The molecule has 3 atom stereocenters. The number of aliphatic hydroxyl groups excluding tert-OH is 1. The van der Waals surface area contributed by atoms with Crippen LogP contribution in [0.3, 0.4) is 0 Å². The molecular formula is C22H33N3O3. The van der Waals surface area contributed by atoms with Crippen LogP contribution in [-0.4, -0.2) is 85.4 Å². The lowest BCUT2D eigenvalue weighted by atomic mass is 9.77. The lowest BCUT2D eigenvalue weighted by Crippen LogP contribution is -2.65. The Morgan fingerprint density at radius 3 is 2.61 bits per heavy atom. The molecular weight excluding hydrogens is 354 g/mol. The van der Waals surface area contributed by atoms with Gasteiger partial charge in [0, 0.05) is 44.2 Å². The Morgan fingerprint density at radius 1 is 1.29 bits per heavy atom. The molecule has 2 aliphatic heterocycles. The van der Waals surface area contributed by atoms with Gasteiger partial charge in [0.2, 0.25) is 5.91 Å². The quantitative estimate of drug-likeness (QED) is 0.704. The highest BCUT2D eigenvalue weighted by Gasteiger charge is 2.42. The number of benzene rings is 1. The van der Waals surface area contributed by atoms with E-state index in [0.717, 1.165) is 13.1 Å². The van der Waals surface area contributed by atoms with Gasteiger partial charge in [-0.2, -0.15) is 0 Å². The van der Waals surface area contributed by atoms with Crippen LogP contribution in [-0.2, 0) is 9.53 Å². The maximum absolute atomic E-state index is 12.8. The summed E-state index contributed by atoms with van der Waals surface area (Å²) in [4.78, 5) is 16.9. The lowest BCUT2D eigenvalue weighted by Gasteiger charge is -2.47. The highest BCUT2D eigenvalue weighted by atomic mass is 16.5. The molecule has 2 saturated heterocycles. The SMILES string of the molecule is CC=Cc1ccc([C@H]2[C@@H](CO)N[C@@H]2CN(CC)C(=O)CN2CCOCC2)cc1. The third-order valence-electron chi connectivity index (χ3n) is 5.79. The summed E-state index contributed by atoms with van der Waals surface area (Å²) < 4.78 is 5.37. The number of carbonyl (C=O) groups is 1. The summed E-state index contributed by atoms with van der Waals surface area (Å²) in [5.74, 6) is 0.385.